The van der Waals surface area contributed by atoms with E-state index >= 15 is 0 Å². The molecule has 9 nitrogen and oxygen atoms in total. The van der Waals surface area contributed by atoms with Gasteiger partial charge in [0.2, 0.25) is 10.3 Å². The summed E-state index contributed by atoms with van der Waals surface area (Å²) >= 11 is 1.06. The molecule has 2 aromatic carbocycles. The predicted molar refractivity (Wildman–Crippen MR) is 128 cm³/mol. The Labute approximate surface area is 199 Å². The number of methoxy groups -OCH3 is 1. The highest BCUT2D eigenvalue weighted by molar-refractivity contribution is 7.19. The van der Waals surface area contributed by atoms with Crippen LogP contribution in [0.5, 0.6) is 5.75 Å². The van der Waals surface area contributed by atoms with E-state index in [4.69, 9.17) is 4.74 Å². The largest absolute Gasteiger partial charge is 0.505 e. The molecule has 0 saturated carbocycles. The minimum atomic E-state index is -0.672. The SMILES string of the molecule is COC(=O)C(Cc1ccccc1)Nc1nnc(NC(=O)c2ccc3cccnc3c2O)s1.Cl. The van der Waals surface area contributed by atoms with Gasteiger partial charge in [-0.05, 0) is 17.7 Å². The van der Waals surface area contributed by atoms with Crippen LogP contribution in [-0.4, -0.2) is 45.3 Å². The Morgan fingerprint density at radius 3 is 2.58 bits per heavy atom. The van der Waals surface area contributed by atoms with Crippen molar-refractivity contribution in [2.45, 2.75) is 12.5 Å². The minimum absolute atomic E-state index is 0. The molecule has 3 N–H and O–H groups in total. The fourth-order valence-electron chi connectivity index (χ4n) is 3.14. The zero-order valence-electron chi connectivity index (χ0n) is 17.4. The van der Waals surface area contributed by atoms with Gasteiger partial charge in [-0.2, -0.15) is 0 Å². The Hall–Kier alpha value is -3.76. The number of carbonyl (C=O) groups is 2. The summed E-state index contributed by atoms with van der Waals surface area (Å²) in [5.74, 6) is -1.20. The smallest absolute Gasteiger partial charge is 0.328 e. The molecule has 33 heavy (non-hydrogen) atoms. The molecule has 0 fully saturated rings. The minimum Gasteiger partial charge on any atom is -0.505 e. The maximum atomic E-state index is 12.7. The first kappa shape index (κ1) is 23.9. The van der Waals surface area contributed by atoms with Crippen molar-refractivity contribution < 1.29 is 19.4 Å². The summed E-state index contributed by atoms with van der Waals surface area (Å²) in [6.45, 7) is 0. The molecule has 0 aliphatic carbocycles. The number of phenolic OH excluding ortho intramolecular Hbond substituents is 1. The first-order valence-electron chi connectivity index (χ1n) is 9.65. The van der Waals surface area contributed by atoms with Crippen LogP contribution in [0, 0.1) is 0 Å². The van der Waals surface area contributed by atoms with Gasteiger partial charge in [0, 0.05) is 18.0 Å². The molecule has 2 aromatic heterocycles. The average molecular weight is 486 g/mol. The number of hydrogen-bond donors (Lipinski definition) is 3. The number of carbonyl (C=O) groups excluding carboxylic acids is 2. The Balaban J connectivity index is 0.00000306. The Morgan fingerprint density at radius 2 is 1.82 bits per heavy atom. The van der Waals surface area contributed by atoms with Gasteiger partial charge in [-0.1, -0.05) is 53.8 Å². The monoisotopic (exact) mass is 485 g/mol. The normalized spacial score (nSPS) is 11.3. The van der Waals surface area contributed by atoms with Crippen LogP contribution in [0.15, 0.2) is 60.8 Å². The highest BCUT2D eigenvalue weighted by Crippen LogP contribution is 2.28. The number of amides is 1. The zero-order chi connectivity index (χ0) is 22.5. The number of hydrogen-bond acceptors (Lipinski definition) is 9. The van der Waals surface area contributed by atoms with Crippen molar-refractivity contribution in [2.24, 2.45) is 0 Å². The summed E-state index contributed by atoms with van der Waals surface area (Å²) in [6.07, 6.45) is 1.94. The zero-order valence-corrected chi connectivity index (χ0v) is 19.0. The maximum absolute atomic E-state index is 12.7. The van der Waals surface area contributed by atoms with Crippen LogP contribution in [-0.2, 0) is 16.0 Å². The second kappa shape index (κ2) is 10.7. The number of phenols is 1. The molecule has 2 heterocycles. The van der Waals surface area contributed by atoms with E-state index in [1.54, 1.807) is 24.4 Å². The van der Waals surface area contributed by atoms with Gasteiger partial charge in [0.15, 0.2) is 5.75 Å². The number of nitrogens with one attached hydrogen (secondary N) is 2. The number of ether oxygens (including phenoxy) is 1. The first-order valence-corrected chi connectivity index (χ1v) is 10.5. The number of halogens is 1. The van der Waals surface area contributed by atoms with Crippen molar-refractivity contribution in [1.82, 2.24) is 15.2 Å². The van der Waals surface area contributed by atoms with Crippen molar-refractivity contribution in [1.29, 1.82) is 0 Å². The third-order valence-corrected chi connectivity index (χ3v) is 5.47. The molecule has 4 aromatic rings. The molecule has 0 aliphatic rings. The molecule has 4 rings (SSSR count). The van der Waals surface area contributed by atoms with E-state index in [-0.39, 0.29) is 28.9 Å². The number of aromatic hydroxyl groups is 1. The Morgan fingerprint density at radius 1 is 1.06 bits per heavy atom. The van der Waals surface area contributed by atoms with Crippen LogP contribution in [0.2, 0.25) is 0 Å². The number of aromatic nitrogens is 3. The standard InChI is InChI=1S/C22H19N5O4S.ClH/c1-31-20(30)16(12-13-6-3-2-4-7-13)24-21-26-27-22(32-21)25-19(29)15-10-9-14-8-5-11-23-17(14)18(15)28;/h2-11,16,28H,12H2,1H3,(H,24,26)(H,25,27,29);1H. The van der Waals surface area contributed by atoms with Crippen LogP contribution in [0.3, 0.4) is 0 Å². The lowest BCUT2D eigenvalue weighted by atomic mass is 10.1. The summed E-state index contributed by atoms with van der Waals surface area (Å²) in [7, 11) is 1.32. The highest BCUT2D eigenvalue weighted by Gasteiger charge is 2.22. The summed E-state index contributed by atoms with van der Waals surface area (Å²) < 4.78 is 4.89. The van der Waals surface area contributed by atoms with E-state index in [0.29, 0.717) is 17.1 Å². The van der Waals surface area contributed by atoms with Gasteiger partial charge in [-0.15, -0.1) is 22.6 Å². The van der Waals surface area contributed by atoms with Crippen LogP contribution in [0.4, 0.5) is 10.3 Å². The number of benzene rings is 2. The van der Waals surface area contributed by atoms with Crippen LogP contribution in [0.1, 0.15) is 15.9 Å². The molecule has 0 radical (unpaired) electrons. The molecule has 11 heteroatoms. The molecular weight excluding hydrogens is 466 g/mol. The number of nitrogens with zero attached hydrogens (tertiary/aromatic N) is 3. The number of pyridine rings is 1. The summed E-state index contributed by atoms with van der Waals surface area (Å²) in [5.41, 5.74) is 1.35. The van der Waals surface area contributed by atoms with Crippen LogP contribution < -0.4 is 10.6 Å². The Bertz CT molecular complexity index is 1270. The summed E-state index contributed by atoms with van der Waals surface area (Å²) in [5, 5.41) is 25.3. The van der Waals surface area contributed by atoms with E-state index in [9.17, 15) is 14.7 Å². The molecule has 1 unspecified atom stereocenters. The van der Waals surface area contributed by atoms with E-state index in [1.165, 1.54) is 13.2 Å². The molecule has 0 spiro atoms. The number of anilines is 2. The van der Waals surface area contributed by atoms with Crippen molar-refractivity contribution in [3.05, 3.63) is 71.9 Å². The molecule has 0 aliphatic heterocycles. The molecule has 0 saturated heterocycles. The lowest BCUT2D eigenvalue weighted by Crippen LogP contribution is -2.32. The highest BCUT2D eigenvalue weighted by atomic mass is 35.5. The fraction of sp³-hybridized carbons (Fsp3) is 0.136. The third-order valence-electron chi connectivity index (χ3n) is 4.70. The lowest BCUT2D eigenvalue weighted by Gasteiger charge is -2.15. The van der Waals surface area contributed by atoms with Gasteiger partial charge in [0.1, 0.15) is 11.6 Å². The van der Waals surface area contributed by atoms with Crippen molar-refractivity contribution in [2.75, 3.05) is 17.7 Å². The van der Waals surface area contributed by atoms with E-state index in [2.05, 4.69) is 25.8 Å². The first-order chi connectivity index (χ1) is 15.5. The molecule has 0 bridgehead atoms. The summed E-state index contributed by atoms with van der Waals surface area (Å²) in [4.78, 5) is 29.0. The van der Waals surface area contributed by atoms with Crippen molar-refractivity contribution in [3.8, 4) is 5.75 Å². The van der Waals surface area contributed by atoms with E-state index in [1.807, 2.05) is 30.3 Å². The van der Waals surface area contributed by atoms with E-state index in [0.717, 1.165) is 22.3 Å². The van der Waals surface area contributed by atoms with Crippen LogP contribution in [0.25, 0.3) is 10.9 Å². The lowest BCUT2D eigenvalue weighted by molar-refractivity contribution is -0.141. The van der Waals surface area contributed by atoms with Gasteiger partial charge in [-0.25, -0.2) is 4.79 Å². The van der Waals surface area contributed by atoms with Crippen molar-refractivity contribution in [3.63, 3.8) is 0 Å². The predicted octanol–water partition coefficient (Wildman–Crippen LogP) is 3.66. The van der Waals surface area contributed by atoms with Crippen molar-refractivity contribution >= 4 is 56.8 Å². The Kier molecular flexibility index (Phi) is 7.75. The molecule has 170 valence electrons. The number of fused-ring (bicyclic) bond motifs is 1. The topological polar surface area (TPSA) is 126 Å². The van der Waals surface area contributed by atoms with Crippen LogP contribution >= 0.6 is 23.7 Å². The maximum Gasteiger partial charge on any atom is 0.328 e. The molecular formula is C22H20ClN5O4S. The average Bonchev–Trinajstić information content (AvgIpc) is 3.25. The molecule has 1 atom stereocenters. The van der Waals surface area contributed by atoms with Gasteiger partial charge < -0.3 is 15.2 Å². The van der Waals surface area contributed by atoms with Gasteiger partial charge >= 0.3 is 5.97 Å². The van der Waals surface area contributed by atoms with Gasteiger partial charge in [0.05, 0.1) is 12.7 Å². The summed E-state index contributed by atoms with van der Waals surface area (Å²) in [6, 6.07) is 15.6. The fourth-order valence-corrected chi connectivity index (χ4v) is 3.84. The van der Waals surface area contributed by atoms with Gasteiger partial charge in [-0.3, -0.25) is 15.1 Å². The third kappa shape index (κ3) is 5.54. The number of esters is 1. The quantitative estimate of drug-likeness (QED) is 0.338. The molecule has 1 amide bonds. The number of rotatable bonds is 7. The van der Waals surface area contributed by atoms with Gasteiger partial charge in [0.25, 0.3) is 5.91 Å². The second-order valence-electron chi connectivity index (χ2n) is 6.81. The van der Waals surface area contributed by atoms with E-state index < -0.39 is 17.9 Å². The second-order valence-corrected chi connectivity index (χ2v) is 7.79.